The van der Waals surface area contributed by atoms with E-state index in [4.69, 9.17) is 0 Å². The summed E-state index contributed by atoms with van der Waals surface area (Å²) in [4.78, 5) is 15.4. The molecule has 1 aliphatic rings. The Labute approximate surface area is 83.5 Å². The zero-order chi connectivity index (χ0) is 10.0. The van der Waals surface area contributed by atoms with Gasteiger partial charge in [0.05, 0.1) is 0 Å². The van der Waals surface area contributed by atoms with Crippen LogP contribution in [0, 0.1) is 0 Å². The Balaban J connectivity index is 2.21. The quantitative estimate of drug-likeness (QED) is 0.724. The molecule has 1 fully saturated rings. The number of rotatable bonds is 1. The predicted molar refractivity (Wildman–Crippen MR) is 53.8 cm³/mol. The number of amides is 1. The second kappa shape index (κ2) is 3.40. The summed E-state index contributed by atoms with van der Waals surface area (Å²) in [5, 5.41) is 2.89. The number of aromatic nitrogens is 1. The highest BCUT2D eigenvalue weighted by atomic mass is 16.1. The Morgan fingerprint density at radius 3 is 2.93 bits per heavy atom. The summed E-state index contributed by atoms with van der Waals surface area (Å²) in [5.74, 6) is 0.151. The van der Waals surface area contributed by atoms with E-state index >= 15 is 0 Å². The number of nitrogens with zero attached hydrogens (tertiary/aromatic N) is 1. The van der Waals surface area contributed by atoms with Crippen LogP contribution in [0.1, 0.15) is 25.5 Å². The van der Waals surface area contributed by atoms with Crippen molar-refractivity contribution in [3.8, 4) is 0 Å². The van der Waals surface area contributed by atoms with Gasteiger partial charge in [-0.2, -0.15) is 0 Å². The molecule has 1 saturated heterocycles. The standard InChI is InChI=1S/C11H14N2O/c1-11(6-5-10(14)13-8-11)9-4-2-3-7-12-9/h2-4,7H,5-6,8H2,1H3,(H,13,14). The van der Waals surface area contributed by atoms with Crippen LogP contribution in [0.5, 0.6) is 0 Å². The average Bonchev–Trinajstić information content (AvgIpc) is 2.24. The van der Waals surface area contributed by atoms with E-state index in [0.717, 1.165) is 12.1 Å². The summed E-state index contributed by atoms with van der Waals surface area (Å²) in [6, 6.07) is 5.93. The third-order valence-electron chi connectivity index (χ3n) is 2.86. The van der Waals surface area contributed by atoms with Gasteiger partial charge >= 0.3 is 0 Å². The highest BCUT2D eigenvalue weighted by molar-refractivity contribution is 5.77. The maximum Gasteiger partial charge on any atom is 0.220 e. The minimum Gasteiger partial charge on any atom is -0.355 e. The summed E-state index contributed by atoms with van der Waals surface area (Å²) < 4.78 is 0. The van der Waals surface area contributed by atoms with Gasteiger partial charge < -0.3 is 5.32 Å². The van der Waals surface area contributed by atoms with Crippen LogP contribution < -0.4 is 5.32 Å². The number of hydrogen-bond donors (Lipinski definition) is 1. The second-order valence-electron chi connectivity index (χ2n) is 4.05. The van der Waals surface area contributed by atoms with Crippen molar-refractivity contribution in [2.75, 3.05) is 6.54 Å². The first kappa shape index (κ1) is 9.19. The Morgan fingerprint density at radius 1 is 1.50 bits per heavy atom. The number of pyridine rings is 1. The van der Waals surface area contributed by atoms with Crippen molar-refractivity contribution in [1.82, 2.24) is 10.3 Å². The van der Waals surface area contributed by atoms with E-state index in [2.05, 4.69) is 17.2 Å². The monoisotopic (exact) mass is 190 g/mol. The van der Waals surface area contributed by atoms with Crippen molar-refractivity contribution in [2.24, 2.45) is 0 Å². The molecule has 2 heterocycles. The van der Waals surface area contributed by atoms with Gasteiger partial charge in [-0.3, -0.25) is 9.78 Å². The minimum absolute atomic E-state index is 0.00910. The van der Waals surface area contributed by atoms with Crippen molar-refractivity contribution >= 4 is 5.91 Å². The van der Waals surface area contributed by atoms with Gasteiger partial charge in [0.2, 0.25) is 5.91 Å². The van der Waals surface area contributed by atoms with Crippen molar-refractivity contribution in [2.45, 2.75) is 25.2 Å². The maximum absolute atomic E-state index is 11.1. The summed E-state index contributed by atoms with van der Waals surface area (Å²) in [6.07, 6.45) is 3.29. The van der Waals surface area contributed by atoms with Crippen molar-refractivity contribution in [1.29, 1.82) is 0 Å². The molecule has 14 heavy (non-hydrogen) atoms. The zero-order valence-electron chi connectivity index (χ0n) is 8.29. The highest BCUT2D eigenvalue weighted by Crippen LogP contribution is 2.28. The lowest BCUT2D eigenvalue weighted by Crippen LogP contribution is -2.44. The lowest BCUT2D eigenvalue weighted by Gasteiger charge is -2.32. The molecule has 2 rings (SSSR count). The first-order chi connectivity index (χ1) is 6.71. The Bertz CT molecular complexity index is 324. The molecule has 3 heteroatoms. The van der Waals surface area contributed by atoms with Gasteiger partial charge in [0.25, 0.3) is 0 Å². The van der Waals surface area contributed by atoms with E-state index in [1.807, 2.05) is 18.2 Å². The molecule has 1 aliphatic heterocycles. The number of carbonyl (C=O) groups is 1. The largest absolute Gasteiger partial charge is 0.355 e. The molecule has 74 valence electrons. The minimum atomic E-state index is 0.00910. The van der Waals surface area contributed by atoms with E-state index < -0.39 is 0 Å². The molecule has 1 aromatic heterocycles. The maximum atomic E-state index is 11.1. The van der Waals surface area contributed by atoms with Crippen LogP contribution in [0.4, 0.5) is 0 Å². The number of hydrogen-bond acceptors (Lipinski definition) is 2. The molecule has 1 aromatic rings. The first-order valence-corrected chi connectivity index (χ1v) is 4.89. The molecule has 0 aliphatic carbocycles. The lowest BCUT2D eigenvalue weighted by atomic mass is 9.79. The van der Waals surface area contributed by atoms with Crippen molar-refractivity contribution in [3.63, 3.8) is 0 Å². The van der Waals surface area contributed by atoms with Crippen LogP contribution in [0.2, 0.25) is 0 Å². The highest BCUT2D eigenvalue weighted by Gasteiger charge is 2.32. The molecular formula is C11H14N2O. The average molecular weight is 190 g/mol. The van der Waals surface area contributed by atoms with E-state index in [1.54, 1.807) is 6.20 Å². The predicted octanol–water partition coefficient (Wildman–Crippen LogP) is 1.25. The second-order valence-corrected chi connectivity index (χ2v) is 4.05. The molecule has 0 spiro atoms. The summed E-state index contributed by atoms with van der Waals surface area (Å²) in [5.41, 5.74) is 1.08. The van der Waals surface area contributed by atoms with Crippen molar-refractivity contribution in [3.05, 3.63) is 30.1 Å². The Morgan fingerprint density at radius 2 is 2.36 bits per heavy atom. The SMILES string of the molecule is CC1(c2ccccn2)CCC(=O)NC1. The summed E-state index contributed by atoms with van der Waals surface area (Å²) in [7, 11) is 0. The molecule has 1 amide bonds. The van der Waals surface area contributed by atoms with Gasteiger partial charge in [-0.05, 0) is 18.6 Å². The molecule has 0 aromatic carbocycles. The first-order valence-electron chi connectivity index (χ1n) is 4.89. The number of piperidine rings is 1. The molecule has 1 N–H and O–H groups in total. The van der Waals surface area contributed by atoms with Crippen LogP contribution in [0.3, 0.4) is 0 Å². The van der Waals surface area contributed by atoms with Gasteiger partial charge in [-0.15, -0.1) is 0 Å². The van der Waals surface area contributed by atoms with E-state index in [0.29, 0.717) is 13.0 Å². The van der Waals surface area contributed by atoms with Crippen LogP contribution in [0.15, 0.2) is 24.4 Å². The fourth-order valence-electron chi connectivity index (χ4n) is 1.80. The fraction of sp³-hybridized carbons (Fsp3) is 0.455. The van der Waals surface area contributed by atoms with Gasteiger partial charge in [0.15, 0.2) is 0 Å². The van der Waals surface area contributed by atoms with Gasteiger partial charge in [0.1, 0.15) is 0 Å². The molecule has 1 unspecified atom stereocenters. The molecular weight excluding hydrogens is 176 g/mol. The Kier molecular flexibility index (Phi) is 2.23. The molecule has 0 saturated carbocycles. The number of carbonyl (C=O) groups excluding carboxylic acids is 1. The smallest absolute Gasteiger partial charge is 0.220 e. The fourth-order valence-corrected chi connectivity index (χ4v) is 1.80. The van der Waals surface area contributed by atoms with Crippen LogP contribution in [-0.2, 0) is 10.2 Å². The van der Waals surface area contributed by atoms with E-state index in [1.165, 1.54) is 0 Å². The van der Waals surface area contributed by atoms with Crippen LogP contribution in [0.25, 0.3) is 0 Å². The molecule has 3 nitrogen and oxygen atoms in total. The molecule has 0 bridgehead atoms. The van der Waals surface area contributed by atoms with Gasteiger partial charge in [-0.1, -0.05) is 13.0 Å². The van der Waals surface area contributed by atoms with E-state index in [9.17, 15) is 4.79 Å². The van der Waals surface area contributed by atoms with Crippen LogP contribution in [-0.4, -0.2) is 17.4 Å². The van der Waals surface area contributed by atoms with Gasteiger partial charge in [-0.25, -0.2) is 0 Å². The summed E-state index contributed by atoms with van der Waals surface area (Å²) >= 11 is 0. The third kappa shape index (κ3) is 1.62. The third-order valence-corrected chi connectivity index (χ3v) is 2.86. The van der Waals surface area contributed by atoms with Crippen molar-refractivity contribution < 1.29 is 4.79 Å². The molecule has 0 radical (unpaired) electrons. The zero-order valence-corrected chi connectivity index (χ0v) is 8.29. The normalized spacial score (nSPS) is 27.1. The van der Waals surface area contributed by atoms with Crippen LogP contribution >= 0.6 is 0 Å². The van der Waals surface area contributed by atoms with Gasteiger partial charge in [0, 0.05) is 30.3 Å². The Hall–Kier alpha value is -1.38. The summed E-state index contributed by atoms with van der Waals surface area (Å²) in [6.45, 7) is 2.84. The topological polar surface area (TPSA) is 42.0 Å². The molecule has 1 atom stereocenters. The lowest BCUT2D eigenvalue weighted by molar-refractivity contribution is -0.123. The number of nitrogens with one attached hydrogen (secondary N) is 1. The van der Waals surface area contributed by atoms with E-state index in [-0.39, 0.29) is 11.3 Å².